The lowest BCUT2D eigenvalue weighted by Gasteiger charge is -2.16. The van der Waals surface area contributed by atoms with E-state index in [-0.39, 0.29) is 23.1 Å². The van der Waals surface area contributed by atoms with Crippen molar-refractivity contribution in [1.29, 1.82) is 0 Å². The highest BCUT2D eigenvalue weighted by Crippen LogP contribution is 2.18. The third-order valence-electron chi connectivity index (χ3n) is 2.09. The van der Waals surface area contributed by atoms with Crippen molar-refractivity contribution in [2.75, 3.05) is 0 Å². The summed E-state index contributed by atoms with van der Waals surface area (Å²) < 4.78 is 0. The molecule has 1 N–H and O–H groups in total. The van der Waals surface area contributed by atoms with E-state index >= 15 is 0 Å². The van der Waals surface area contributed by atoms with Crippen LogP contribution in [0.3, 0.4) is 0 Å². The minimum atomic E-state index is -0.283. The van der Waals surface area contributed by atoms with Crippen molar-refractivity contribution in [3.8, 4) is 0 Å². The number of carbonyl (C=O) groups excluding carboxylic acids is 2. The highest BCUT2D eigenvalue weighted by Gasteiger charge is 2.20. The topological polar surface area (TPSA) is 46.2 Å². The highest BCUT2D eigenvalue weighted by molar-refractivity contribution is 5.84. The molecule has 0 saturated carbocycles. The van der Waals surface area contributed by atoms with Crippen LogP contribution < -0.4 is 5.32 Å². The molecule has 0 aliphatic heterocycles. The molecule has 0 aromatic rings. The van der Waals surface area contributed by atoms with Gasteiger partial charge in [-0.3, -0.25) is 9.59 Å². The zero-order chi connectivity index (χ0) is 12.1. The second-order valence-electron chi connectivity index (χ2n) is 5.25. The minimum Gasteiger partial charge on any atom is -0.354 e. The molecule has 0 aromatic carbocycles. The second kappa shape index (κ2) is 5.89. The smallest absolute Gasteiger partial charge is 0.220 e. The van der Waals surface area contributed by atoms with Crippen LogP contribution in [0.1, 0.15) is 53.9 Å². The summed E-state index contributed by atoms with van der Waals surface area (Å²) in [5, 5.41) is 2.80. The third-order valence-corrected chi connectivity index (χ3v) is 2.09. The Morgan fingerprint density at radius 1 is 1.13 bits per heavy atom. The Hall–Kier alpha value is -0.860. The van der Waals surface area contributed by atoms with Crippen LogP contribution in [-0.2, 0) is 9.59 Å². The predicted molar refractivity (Wildman–Crippen MR) is 61.6 cm³/mol. The molecule has 0 fully saturated rings. The van der Waals surface area contributed by atoms with Crippen molar-refractivity contribution in [1.82, 2.24) is 5.32 Å². The van der Waals surface area contributed by atoms with Crippen LogP contribution in [0, 0.1) is 5.41 Å². The molecule has 3 nitrogen and oxygen atoms in total. The average Bonchev–Trinajstić information content (AvgIpc) is 2.00. The van der Waals surface area contributed by atoms with E-state index in [1.165, 1.54) is 0 Å². The lowest BCUT2D eigenvalue weighted by Crippen LogP contribution is -2.30. The molecule has 1 amide bonds. The molecule has 88 valence electrons. The van der Waals surface area contributed by atoms with E-state index in [9.17, 15) is 9.59 Å². The molecule has 0 aromatic heterocycles. The fourth-order valence-corrected chi connectivity index (χ4v) is 1.18. The molecular formula is C12H23NO2. The van der Waals surface area contributed by atoms with Gasteiger partial charge in [-0.2, -0.15) is 0 Å². The fraction of sp³-hybridized carbons (Fsp3) is 0.833. The van der Waals surface area contributed by atoms with Gasteiger partial charge < -0.3 is 5.32 Å². The van der Waals surface area contributed by atoms with Crippen molar-refractivity contribution in [2.45, 2.75) is 59.9 Å². The lowest BCUT2D eigenvalue weighted by molar-refractivity contribution is -0.126. The van der Waals surface area contributed by atoms with Crippen LogP contribution in [0.25, 0.3) is 0 Å². The van der Waals surface area contributed by atoms with Crippen molar-refractivity contribution in [3.63, 3.8) is 0 Å². The van der Waals surface area contributed by atoms with Crippen molar-refractivity contribution >= 4 is 11.7 Å². The van der Waals surface area contributed by atoms with Gasteiger partial charge in [0.1, 0.15) is 5.78 Å². The van der Waals surface area contributed by atoms with Gasteiger partial charge in [0.15, 0.2) is 0 Å². The van der Waals surface area contributed by atoms with Gasteiger partial charge in [0, 0.05) is 24.3 Å². The van der Waals surface area contributed by atoms with Gasteiger partial charge in [0.05, 0.1) is 0 Å². The average molecular weight is 213 g/mol. The Morgan fingerprint density at radius 3 is 2.07 bits per heavy atom. The molecule has 15 heavy (non-hydrogen) atoms. The number of ketones is 1. The number of hydrogen-bond donors (Lipinski definition) is 1. The number of Topliss-reactive ketones (excluding diaryl/α,β-unsaturated/α-hetero) is 1. The summed E-state index contributed by atoms with van der Waals surface area (Å²) in [5.41, 5.74) is -0.283. The van der Waals surface area contributed by atoms with Crippen LogP contribution in [0.2, 0.25) is 0 Å². The summed E-state index contributed by atoms with van der Waals surface area (Å²) in [5.74, 6) is 0.256. The number of rotatable bonds is 5. The molecule has 0 unspecified atom stereocenters. The maximum absolute atomic E-state index is 11.5. The van der Waals surface area contributed by atoms with Gasteiger partial charge in [0.2, 0.25) is 5.91 Å². The Labute approximate surface area is 92.6 Å². The van der Waals surface area contributed by atoms with Crippen LogP contribution >= 0.6 is 0 Å². The maximum atomic E-state index is 11.5. The summed E-state index contributed by atoms with van der Waals surface area (Å²) in [6.45, 7) is 9.58. The SMILES string of the molecule is CC(C)NC(=O)CCCC(=O)C(C)(C)C. The number of nitrogens with one attached hydrogen (secondary N) is 1. The summed E-state index contributed by atoms with van der Waals surface area (Å²) >= 11 is 0. The van der Waals surface area contributed by atoms with Crippen LogP contribution in [0.15, 0.2) is 0 Å². The molecule has 0 heterocycles. The minimum absolute atomic E-state index is 0.0340. The Bertz CT molecular complexity index is 226. The molecule has 0 aliphatic rings. The summed E-state index contributed by atoms with van der Waals surface area (Å²) in [4.78, 5) is 22.8. The van der Waals surface area contributed by atoms with Crippen molar-refractivity contribution < 1.29 is 9.59 Å². The van der Waals surface area contributed by atoms with Crippen LogP contribution in [0.4, 0.5) is 0 Å². The molecular weight excluding hydrogens is 190 g/mol. The van der Waals surface area contributed by atoms with E-state index in [4.69, 9.17) is 0 Å². The third kappa shape index (κ3) is 7.11. The monoisotopic (exact) mass is 213 g/mol. The zero-order valence-corrected chi connectivity index (χ0v) is 10.5. The summed E-state index contributed by atoms with van der Waals surface area (Å²) in [6, 6.07) is 0.177. The first-order valence-corrected chi connectivity index (χ1v) is 5.56. The van der Waals surface area contributed by atoms with Gasteiger partial charge in [-0.25, -0.2) is 0 Å². The highest BCUT2D eigenvalue weighted by atomic mass is 16.1. The van der Waals surface area contributed by atoms with E-state index in [2.05, 4.69) is 5.32 Å². The van der Waals surface area contributed by atoms with E-state index in [0.717, 1.165) is 0 Å². The molecule has 0 saturated heterocycles. The molecule has 0 aliphatic carbocycles. The Morgan fingerprint density at radius 2 is 1.67 bits per heavy atom. The van der Waals surface area contributed by atoms with Gasteiger partial charge in [-0.05, 0) is 20.3 Å². The lowest BCUT2D eigenvalue weighted by atomic mass is 9.88. The first kappa shape index (κ1) is 14.1. The zero-order valence-electron chi connectivity index (χ0n) is 10.5. The maximum Gasteiger partial charge on any atom is 0.220 e. The number of carbonyl (C=O) groups is 2. The van der Waals surface area contributed by atoms with E-state index in [1.807, 2.05) is 34.6 Å². The van der Waals surface area contributed by atoms with E-state index in [1.54, 1.807) is 0 Å². The van der Waals surface area contributed by atoms with Crippen molar-refractivity contribution in [3.05, 3.63) is 0 Å². The largest absolute Gasteiger partial charge is 0.354 e. The van der Waals surface area contributed by atoms with E-state index < -0.39 is 0 Å². The molecule has 0 radical (unpaired) electrons. The Balaban J connectivity index is 3.72. The predicted octanol–water partition coefficient (Wildman–Crippen LogP) is 2.30. The standard InChI is InChI=1S/C12H23NO2/c1-9(2)13-11(15)8-6-7-10(14)12(3,4)5/h9H,6-8H2,1-5H3,(H,13,15). The second-order valence-corrected chi connectivity index (χ2v) is 5.25. The molecule has 0 bridgehead atoms. The normalized spacial score (nSPS) is 11.6. The van der Waals surface area contributed by atoms with E-state index in [0.29, 0.717) is 19.3 Å². The summed E-state index contributed by atoms with van der Waals surface area (Å²) in [6.07, 6.45) is 1.59. The van der Waals surface area contributed by atoms with Crippen LogP contribution in [-0.4, -0.2) is 17.7 Å². The first-order chi connectivity index (χ1) is 6.73. The van der Waals surface area contributed by atoms with Crippen molar-refractivity contribution in [2.24, 2.45) is 5.41 Å². The van der Waals surface area contributed by atoms with Gasteiger partial charge in [-0.1, -0.05) is 20.8 Å². The van der Waals surface area contributed by atoms with Gasteiger partial charge >= 0.3 is 0 Å². The molecule has 0 atom stereocenters. The number of amides is 1. The quantitative estimate of drug-likeness (QED) is 0.761. The van der Waals surface area contributed by atoms with Crippen LogP contribution in [0.5, 0.6) is 0 Å². The Kier molecular flexibility index (Phi) is 5.55. The molecule has 3 heteroatoms. The molecule has 0 rings (SSSR count). The summed E-state index contributed by atoms with van der Waals surface area (Å²) in [7, 11) is 0. The first-order valence-electron chi connectivity index (χ1n) is 5.56. The van der Waals surface area contributed by atoms with Gasteiger partial charge in [-0.15, -0.1) is 0 Å². The van der Waals surface area contributed by atoms with Gasteiger partial charge in [0.25, 0.3) is 0 Å². The molecule has 0 spiro atoms. The number of hydrogen-bond acceptors (Lipinski definition) is 2. The fourth-order valence-electron chi connectivity index (χ4n) is 1.18.